The number of rotatable bonds is 6. The Labute approximate surface area is 179 Å². The van der Waals surface area contributed by atoms with E-state index in [1.54, 1.807) is 47.1 Å². The van der Waals surface area contributed by atoms with Crippen molar-refractivity contribution in [2.45, 2.75) is 13.2 Å². The fourth-order valence-electron chi connectivity index (χ4n) is 2.70. The van der Waals surface area contributed by atoms with Crippen LogP contribution in [0.4, 0.5) is 0 Å². The summed E-state index contributed by atoms with van der Waals surface area (Å²) in [4.78, 5) is 19.4. The maximum absolute atomic E-state index is 13.2. The van der Waals surface area contributed by atoms with Crippen molar-refractivity contribution < 1.29 is 9.90 Å². The van der Waals surface area contributed by atoms with E-state index in [1.165, 1.54) is 0 Å². The van der Waals surface area contributed by atoms with Crippen LogP contribution in [0.2, 0.25) is 10.0 Å². The van der Waals surface area contributed by atoms with Gasteiger partial charge in [0.2, 0.25) is 0 Å². The fraction of sp³-hybridized carbons (Fsp3) is 0.211. The molecule has 9 heteroatoms. The molecule has 0 unspecified atom stereocenters. The van der Waals surface area contributed by atoms with Crippen molar-refractivity contribution in [2.24, 2.45) is 0 Å². The number of aliphatic hydroxyl groups excluding tert-OH is 1. The van der Waals surface area contributed by atoms with Gasteiger partial charge in [0.15, 0.2) is 11.6 Å². The summed E-state index contributed by atoms with van der Waals surface area (Å²) in [5, 5.41) is 14.6. The molecule has 0 aliphatic rings. The predicted octanol–water partition coefficient (Wildman–Crippen LogP) is 3.78. The van der Waals surface area contributed by atoms with E-state index >= 15 is 0 Å². The Hall–Kier alpha value is -1.96. The summed E-state index contributed by atoms with van der Waals surface area (Å²) in [5.41, 5.74) is 1.25. The smallest absolute Gasteiger partial charge is 0.196 e. The lowest BCUT2D eigenvalue weighted by Gasteiger charge is -2.14. The fourth-order valence-corrected chi connectivity index (χ4v) is 3.10. The average molecular weight is 442 g/mol. The first-order valence-electron chi connectivity index (χ1n) is 8.20. The predicted molar refractivity (Wildman–Crippen MR) is 112 cm³/mol. The second-order valence-electron chi connectivity index (χ2n) is 6.22. The molecule has 1 N–H and O–H groups in total. The van der Waals surface area contributed by atoms with Crippen molar-refractivity contribution in [3.8, 4) is 5.69 Å². The zero-order valence-corrected chi connectivity index (χ0v) is 17.6. The number of halogens is 3. The summed E-state index contributed by atoms with van der Waals surface area (Å²) >= 11 is 12.4. The Morgan fingerprint density at radius 1 is 1.14 bits per heavy atom. The van der Waals surface area contributed by atoms with Gasteiger partial charge in [-0.2, -0.15) is 0 Å². The molecule has 1 heterocycles. The van der Waals surface area contributed by atoms with Crippen molar-refractivity contribution in [3.05, 3.63) is 75.3 Å². The number of aromatic nitrogens is 3. The maximum Gasteiger partial charge on any atom is 0.196 e. The third-order valence-electron chi connectivity index (χ3n) is 3.87. The minimum Gasteiger partial charge on any atom is -0.388 e. The van der Waals surface area contributed by atoms with Crippen molar-refractivity contribution in [1.82, 2.24) is 19.7 Å². The highest BCUT2D eigenvalue weighted by atomic mass is 35.5. The molecule has 0 radical (unpaired) electrons. The SMILES string of the molecule is CN(C)Cc1nc(CO)nn1-c1ccc(Cl)cc1C(=O)c1ccccc1Cl.Cl. The Morgan fingerprint density at radius 3 is 2.50 bits per heavy atom. The maximum atomic E-state index is 13.2. The minimum atomic E-state index is -0.297. The van der Waals surface area contributed by atoms with Crippen molar-refractivity contribution in [1.29, 1.82) is 0 Å². The zero-order chi connectivity index (χ0) is 19.6. The lowest BCUT2D eigenvalue weighted by molar-refractivity contribution is 0.103. The summed E-state index contributed by atoms with van der Waals surface area (Å²) in [6.45, 7) is 0.185. The van der Waals surface area contributed by atoms with Crippen LogP contribution in [0.1, 0.15) is 27.6 Å². The van der Waals surface area contributed by atoms with Crippen LogP contribution in [0.5, 0.6) is 0 Å². The number of nitrogens with zero attached hydrogens (tertiary/aromatic N) is 4. The number of carbonyl (C=O) groups excluding carboxylic acids is 1. The molecule has 3 rings (SSSR count). The van der Waals surface area contributed by atoms with Crippen LogP contribution in [-0.2, 0) is 13.2 Å². The van der Waals surface area contributed by atoms with Crippen molar-refractivity contribution in [2.75, 3.05) is 14.1 Å². The topological polar surface area (TPSA) is 71.2 Å². The third-order valence-corrected chi connectivity index (χ3v) is 4.43. The number of carbonyl (C=O) groups is 1. The molecule has 0 atom stereocenters. The van der Waals surface area contributed by atoms with E-state index in [0.717, 1.165) is 0 Å². The lowest BCUT2D eigenvalue weighted by atomic mass is 10.0. The second kappa shape index (κ2) is 9.49. The Bertz CT molecular complexity index is 989. The largest absolute Gasteiger partial charge is 0.388 e. The van der Waals surface area contributed by atoms with Gasteiger partial charge in [0, 0.05) is 16.1 Å². The average Bonchev–Trinajstić information content (AvgIpc) is 3.03. The van der Waals surface area contributed by atoms with Gasteiger partial charge in [0.1, 0.15) is 12.4 Å². The van der Waals surface area contributed by atoms with Gasteiger partial charge in [-0.25, -0.2) is 9.67 Å². The van der Waals surface area contributed by atoms with E-state index in [9.17, 15) is 9.90 Å². The highest BCUT2D eigenvalue weighted by Gasteiger charge is 2.21. The Balaban J connectivity index is 0.00000280. The standard InChI is InChI=1S/C19H18Cl2N4O2.ClH/c1-24(2)10-18-22-17(11-26)23-25(18)16-8-7-12(20)9-14(16)19(27)13-5-3-4-6-15(13)21;/h3-9,26H,10-11H2,1-2H3;1H. The highest BCUT2D eigenvalue weighted by Crippen LogP contribution is 2.26. The molecular formula is C19H19Cl3N4O2. The van der Waals surface area contributed by atoms with Gasteiger partial charge in [0.25, 0.3) is 0 Å². The summed E-state index contributed by atoms with van der Waals surface area (Å²) in [6, 6.07) is 11.8. The first kappa shape index (κ1) is 22.3. The molecule has 3 aromatic rings. The van der Waals surface area contributed by atoms with Crippen LogP contribution in [0.25, 0.3) is 5.69 Å². The molecule has 0 aliphatic heterocycles. The molecule has 0 amide bonds. The first-order valence-corrected chi connectivity index (χ1v) is 8.96. The van der Waals surface area contributed by atoms with Crippen LogP contribution >= 0.6 is 35.6 Å². The number of benzene rings is 2. The van der Waals surface area contributed by atoms with E-state index in [1.807, 2.05) is 19.0 Å². The molecule has 0 fully saturated rings. The number of aliphatic hydroxyl groups is 1. The first-order chi connectivity index (χ1) is 12.9. The molecular weight excluding hydrogens is 423 g/mol. The second-order valence-corrected chi connectivity index (χ2v) is 7.07. The molecule has 0 saturated heterocycles. The molecule has 0 spiro atoms. The van der Waals surface area contributed by atoms with E-state index < -0.39 is 0 Å². The van der Waals surface area contributed by atoms with Crippen LogP contribution in [0, 0.1) is 0 Å². The quantitative estimate of drug-likeness (QED) is 0.589. The minimum absolute atomic E-state index is 0. The van der Waals surface area contributed by atoms with Gasteiger partial charge in [-0.3, -0.25) is 4.79 Å². The Kier molecular flexibility index (Phi) is 7.57. The summed E-state index contributed by atoms with van der Waals surface area (Å²) < 4.78 is 1.56. The lowest BCUT2D eigenvalue weighted by Crippen LogP contribution is -2.17. The molecule has 0 saturated carbocycles. The molecule has 2 aromatic carbocycles. The molecule has 1 aromatic heterocycles. The summed E-state index contributed by atoms with van der Waals surface area (Å²) in [6.07, 6.45) is 0. The van der Waals surface area contributed by atoms with Gasteiger partial charge in [-0.05, 0) is 44.4 Å². The zero-order valence-electron chi connectivity index (χ0n) is 15.3. The number of hydrogen-bond acceptors (Lipinski definition) is 5. The normalized spacial score (nSPS) is 10.8. The van der Waals surface area contributed by atoms with E-state index in [-0.39, 0.29) is 30.6 Å². The summed E-state index contributed by atoms with van der Waals surface area (Å²) in [5.74, 6) is 0.604. The van der Waals surface area contributed by atoms with E-state index in [4.69, 9.17) is 23.2 Å². The van der Waals surface area contributed by atoms with Crippen LogP contribution in [0.15, 0.2) is 42.5 Å². The van der Waals surface area contributed by atoms with Gasteiger partial charge in [-0.1, -0.05) is 35.3 Å². The number of ketones is 1. The monoisotopic (exact) mass is 440 g/mol. The van der Waals surface area contributed by atoms with Crippen molar-refractivity contribution >= 4 is 41.4 Å². The highest BCUT2D eigenvalue weighted by molar-refractivity contribution is 6.35. The van der Waals surface area contributed by atoms with Gasteiger partial charge in [-0.15, -0.1) is 17.5 Å². The van der Waals surface area contributed by atoms with E-state index in [0.29, 0.717) is 39.2 Å². The van der Waals surface area contributed by atoms with E-state index in [2.05, 4.69) is 10.1 Å². The molecule has 28 heavy (non-hydrogen) atoms. The Morgan fingerprint density at radius 2 is 1.86 bits per heavy atom. The van der Waals surface area contributed by atoms with Crippen LogP contribution in [-0.4, -0.2) is 44.6 Å². The molecule has 0 bridgehead atoms. The van der Waals surface area contributed by atoms with Crippen molar-refractivity contribution in [3.63, 3.8) is 0 Å². The number of hydrogen-bond donors (Lipinski definition) is 1. The summed E-state index contributed by atoms with van der Waals surface area (Å²) in [7, 11) is 3.80. The molecule has 6 nitrogen and oxygen atoms in total. The van der Waals surface area contributed by atoms with Gasteiger partial charge in [0.05, 0.1) is 17.3 Å². The van der Waals surface area contributed by atoms with Gasteiger partial charge < -0.3 is 10.0 Å². The van der Waals surface area contributed by atoms with Crippen LogP contribution < -0.4 is 0 Å². The molecule has 148 valence electrons. The van der Waals surface area contributed by atoms with Crippen LogP contribution in [0.3, 0.4) is 0 Å². The third kappa shape index (κ3) is 4.71. The molecule has 0 aliphatic carbocycles. The van der Waals surface area contributed by atoms with Gasteiger partial charge >= 0.3 is 0 Å².